The Kier molecular flexibility index (Phi) is 4.95. The van der Waals surface area contributed by atoms with Crippen molar-refractivity contribution in [1.29, 1.82) is 0 Å². The minimum atomic E-state index is -0.301. The molecule has 0 spiro atoms. The topological polar surface area (TPSA) is 73.0 Å². The molecule has 4 aromatic rings. The van der Waals surface area contributed by atoms with Crippen LogP contribution in [0.25, 0.3) is 11.4 Å². The number of furan rings is 1. The van der Waals surface area contributed by atoms with Crippen LogP contribution in [0.1, 0.15) is 21.7 Å². The molecule has 6 nitrogen and oxygen atoms in total. The highest BCUT2D eigenvalue weighted by molar-refractivity contribution is 6.30. The van der Waals surface area contributed by atoms with E-state index in [4.69, 9.17) is 16.0 Å². The zero-order chi connectivity index (χ0) is 19.5. The minimum absolute atomic E-state index is 0.301. The first-order valence-corrected chi connectivity index (χ1v) is 9.08. The second-order valence-corrected chi connectivity index (χ2v) is 6.72. The Labute approximate surface area is 166 Å². The molecule has 0 aliphatic carbocycles. The number of rotatable bonds is 5. The predicted molar refractivity (Wildman–Crippen MR) is 107 cm³/mol. The summed E-state index contributed by atoms with van der Waals surface area (Å²) in [6, 6.07) is 18.1. The molecule has 4 rings (SSSR count). The van der Waals surface area contributed by atoms with Crippen LogP contribution in [-0.2, 0) is 6.54 Å². The molecule has 0 aliphatic heterocycles. The van der Waals surface area contributed by atoms with E-state index in [1.807, 2.05) is 37.3 Å². The number of aryl methyl sites for hydroxylation is 1. The Bertz CT molecular complexity index is 1080. The normalized spacial score (nSPS) is 10.8. The van der Waals surface area contributed by atoms with Crippen LogP contribution in [0.2, 0.25) is 5.02 Å². The van der Waals surface area contributed by atoms with E-state index < -0.39 is 0 Å². The van der Waals surface area contributed by atoms with Crippen molar-refractivity contribution < 1.29 is 9.21 Å². The van der Waals surface area contributed by atoms with Crippen LogP contribution in [0.15, 0.2) is 71.3 Å². The summed E-state index contributed by atoms with van der Waals surface area (Å²) in [5, 5.41) is 8.13. The molecule has 7 heteroatoms. The monoisotopic (exact) mass is 392 g/mol. The molecule has 28 heavy (non-hydrogen) atoms. The van der Waals surface area contributed by atoms with Crippen molar-refractivity contribution in [3.63, 3.8) is 0 Å². The molecule has 0 unspecified atom stereocenters. The lowest BCUT2D eigenvalue weighted by Gasteiger charge is -2.06. The summed E-state index contributed by atoms with van der Waals surface area (Å²) in [5.41, 5.74) is 2.43. The molecule has 2 heterocycles. The van der Waals surface area contributed by atoms with Crippen LogP contribution >= 0.6 is 11.6 Å². The van der Waals surface area contributed by atoms with Crippen LogP contribution in [0.4, 0.5) is 5.95 Å². The fourth-order valence-corrected chi connectivity index (χ4v) is 2.81. The van der Waals surface area contributed by atoms with Crippen LogP contribution < -0.4 is 5.32 Å². The number of nitrogens with one attached hydrogen (secondary N) is 1. The maximum absolute atomic E-state index is 13.0. The summed E-state index contributed by atoms with van der Waals surface area (Å²) >= 11 is 5.93. The van der Waals surface area contributed by atoms with E-state index in [0.717, 1.165) is 16.9 Å². The van der Waals surface area contributed by atoms with E-state index in [1.165, 1.54) is 4.68 Å². The molecule has 140 valence electrons. The van der Waals surface area contributed by atoms with Gasteiger partial charge in [-0.05, 0) is 43.3 Å². The summed E-state index contributed by atoms with van der Waals surface area (Å²) in [5.74, 6) is 1.23. The third kappa shape index (κ3) is 3.82. The van der Waals surface area contributed by atoms with Gasteiger partial charge in [-0.2, -0.15) is 9.67 Å². The van der Waals surface area contributed by atoms with Crippen LogP contribution in [0, 0.1) is 6.92 Å². The van der Waals surface area contributed by atoms with Gasteiger partial charge in [0.2, 0.25) is 5.95 Å². The van der Waals surface area contributed by atoms with Gasteiger partial charge in [0.1, 0.15) is 5.76 Å². The zero-order valence-corrected chi connectivity index (χ0v) is 15.8. The van der Waals surface area contributed by atoms with Gasteiger partial charge in [-0.15, -0.1) is 5.10 Å². The molecule has 0 fully saturated rings. The number of halogens is 1. The number of hydrogen-bond donors (Lipinski definition) is 1. The van der Waals surface area contributed by atoms with Gasteiger partial charge in [-0.3, -0.25) is 4.79 Å². The molecule has 0 saturated heterocycles. The summed E-state index contributed by atoms with van der Waals surface area (Å²) in [6.07, 6.45) is 1.60. The van der Waals surface area contributed by atoms with Crippen LogP contribution in [-0.4, -0.2) is 20.7 Å². The van der Waals surface area contributed by atoms with E-state index in [-0.39, 0.29) is 5.91 Å². The molecule has 2 aromatic carbocycles. The van der Waals surface area contributed by atoms with Crippen molar-refractivity contribution >= 4 is 23.5 Å². The molecule has 2 aromatic heterocycles. The third-order valence-corrected chi connectivity index (χ3v) is 4.45. The van der Waals surface area contributed by atoms with E-state index in [2.05, 4.69) is 15.4 Å². The molecule has 0 atom stereocenters. The number of nitrogens with zero attached hydrogens (tertiary/aromatic N) is 3. The summed E-state index contributed by atoms with van der Waals surface area (Å²) in [6.45, 7) is 2.39. The van der Waals surface area contributed by atoms with Crippen molar-refractivity contribution in [2.75, 3.05) is 5.32 Å². The highest BCUT2D eigenvalue weighted by atomic mass is 35.5. The van der Waals surface area contributed by atoms with E-state index in [9.17, 15) is 4.79 Å². The standard InChI is InChI=1S/C21H17ClN4O2/c1-14-4-6-15(7-5-14)19-24-21(23-13-18-3-2-12-28-18)26(25-19)20(27)16-8-10-17(22)11-9-16/h2-12H,13H2,1H3,(H,23,24,25). The number of carbonyl (C=O) groups is 1. The Morgan fingerprint density at radius 3 is 2.54 bits per heavy atom. The van der Waals surface area contributed by atoms with E-state index >= 15 is 0 Å². The molecular formula is C21H17ClN4O2. The molecule has 0 amide bonds. The van der Waals surface area contributed by atoms with Gasteiger partial charge in [0.25, 0.3) is 5.91 Å². The lowest BCUT2D eigenvalue weighted by Crippen LogP contribution is -2.17. The highest BCUT2D eigenvalue weighted by Gasteiger charge is 2.19. The number of anilines is 1. The molecule has 0 saturated carbocycles. The van der Waals surface area contributed by atoms with Crippen molar-refractivity contribution in [1.82, 2.24) is 14.8 Å². The fraction of sp³-hybridized carbons (Fsp3) is 0.0952. The van der Waals surface area contributed by atoms with Gasteiger partial charge in [0.15, 0.2) is 5.82 Å². The van der Waals surface area contributed by atoms with Gasteiger partial charge in [-0.1, -0.05) is 41.4 Å². The SMILES string of the molecule is Cc1ccc(-c2nc(NCc3ccco3)n(C(=O)c3ccc(Cl)cc3)n2)cc1. The molecule has 0 radical (unpaired) electrons. The number of hydrogen-bond acceptors (Lipinski definition) is 5. The average Bonchev–Trinajstić information content (AvgIpc) is 3.37. The van der Waals surface area contributed by atoms with Gasteiger partial charge < -0.3 is 9.73 Å². The third-order valence-electron chi connectivity index (χ3n) is 4.20. The predicted octanol–water partition coefficient (Wildman–Crippen LogP) is 4.80. The number of benzene rings is 2. The van der Waals surface area contributed by atoms with E-state index in [1.54, 1.807) is 36.6 Å². The van der Waals surface area contributed by atoms with Crippen LogP contribution in [0.3, 0.4) is 0 Å². The maximum atomic E-state index is 13.0. The smallest absolute Gasteiger partial charge is 0.281 e. The summed E-state index contributed by atoms with van der Waals surface area (Å²) in [7, 11) is 0. The molecule has 0 aliphatic rings. The molecule has 1 N–H and O–H groups in total. The van der Waals surface area contributed by atoms with Crippen molar-refractivity contribution in [3.8, 4) is 11.4 Å². The first kappa shape index (κ1) is 18.0. The lowest BCUT2D eigenvalue weighted by atomic mass is 10.1. The number of aromatic nitrogens is 3. The van der Waals surface area contributed by atoms with Crippen molar-refractivity contribution in [3.05, 3.63) is 88.8 Å². The molecule has 0 bridgehead atoms. The maximum Gasteiger partial charge on any atom is 0.281 e. The second kappa shape index (κ2) is 7.70. The summed E-state index contributed by atoms with van der Waals surface area (Å²) < 4.78 is 6.60. The Morgan fingerprint density at radius 2 is 1.86 bits per heavy atom. The number of carbonyl (C=O) groups excluding carboxylic acids is 1. The molecular weight excluding hydrogens is 376 g/mol. The Hall–Kier alpha value is -3.38. The summed E-state index contributed by atoms with van der Waals surface area (Å²) in [4.78, 5) is 17.5. The quantitative estimate of drug-likeness (QED) is 0.528. The van der Waals surface area contributed by atoms with E-state index in [0.29, 0.717) is 28.9 Å². The fourth-order valence-electron chi connectivity index (χ4n) is 2.69. The second-order valence-electron chi connectivity index (χ2n) is 6.28. The van der Waals surface area contributed by atoms with Crippen molar-refractivity contribution in [2.45, 2.75) is 13.5 Å². The van der Waals surface area contributed by atoms with Crippen molar-refractivity contribution in [2.24, 2.45) is 0 Å². The van der Waals surface area contributed by atoms with Gasteiger partial charge in [-0.25, -0.2) is 0 Å². The van der Waals surface area contributed by atoms with Gasteiger partial charge in [0.05, 0.1) is 12.8 Å². The Morgan fingerprint density at radius 1 is 1.11 bits per heavy atom. The van der Waals surface area contributed by atoms with Gasteiger partial charge >= 0.3 is 0 Å². The van der Waals surface area contributed by atoms with Gasteiger partial charge in [0, 0.05) is 16.1 Å². The van der Waals surface area contributed by atoms with Crippen LogP contribution in [0.5, 0.6) is 0 Å². The largest absolute Gasteiger partial charge is 0.467 e. The Balaban J connectivity index is 1.70. The highest BCUT2D eigenvalue weighted by Crippen LogP contribution is 2.20. The minimum Gasteiger partial charge on any atom is -0.467 e. The zero-order valence-electron chi connectivity index (χ0n) is 15.1. The first-order valence-electron chi connectivity index (χ1n) is 8.71. The average molecular weight is 393 g/mol. The first-order chi connectivity index (χ1) is 13.6. The lowest BCUT2D eigenvalue weighted by molar-refractivity contribution is 0.0947.